The molecule has 0 spiro atoms. The van der Waals surface area contributed by atoms with Gasteiger partial charge in [-0.25, -0.2) is 4.39 Å². The molecule has 0 saturated carbocycles. The van der Waals surface area contributed by atoms with Gasteiger partial charge in [0, 0.05) is 24.2 Å². The van der Waals surface area contributed by atoms with Crippen LogP contribution in [0.1, 0.15) is 43.0 Å². The monoisotopic (exact) mass is 391 g/mol. The number of esters is 1. The van der Waals surface area contributed by atoms with E-state index in [0.29, 0.717) is 24.6 Å². The first-order chi connectivity index (χ1) is 13.5. The van der Waals surface area contributed by atoms with Crippen LogP contribution in [0.2, 0.25) is 0 Å². The maximum absolute atomic E-state index is 13.1. The lowest BCUT2D eigenvalue weighted by atomic mass is 10.0. The summed E-state index contributed by atoms with van der Waals surface area (Å²) in [7, 11) is 1.41. The fraction of sp³-hybridized carbons (Fsp3) is 0.619. The molecule has 1 N–H and O–H groups in total. The van der Waals surface area contributed by atoms with Gasteiger partial charge in [-0.3, -0.25) is 14.5 Å². The first-order valence-electron chi connectivity index (χ1n) is 10.1. The van der Waals surface area contributed by atoms with Gasteiger partial charge in [0.05, 0.1) is 7.11 Å². The molecule has 2 fully saturated rings. The molecule has 2 atom stereocenters. The van der Waals surface area contributed by atoms with E-state index in [1.807, 2.05) is 0 Å². The van der Waals surface area contributed by atoms with Crippen molar-refractivity contribution in [1.82, 2.24) is 15.1 Å². The SMILES string of the molecule is CCCN1CCC(N2C[C@H](NC(=O)c3ccc(F)cc3)C[C@H]2C(=O)OC)CC1. The highest BCUT2D eigenvalue weighted by atomic mass is 19.1. The van der Waals surface area contributed by atoms with Gasteiger partial charge in [0.15, 0.2) is 0 Å². The van der Waals surface area contributed by atoms with Gasteiger partial charge >= 0.3 is 5.97 Å². The van der Waals surface area contributed by atoms with Crippen LogP contribution in [0.5, 0.6) is 0 Å². The molecule has 2 saturated heterocycles. The van der Waals surface area contributed by atoms with E-state index in [1.54, 1.807) is 0 Å². The number of piperidine rings is 1. The first kappa shape index (κ1) is 20.7. The molecule has 2 heterocycles. The van der Waals surface area contributed by atoms with Crippen molar-refractivity contribution in [3.8, 4) is 0 Å². The van der Waals surface area contributed by atoms with E-state index >= 15 is 0 Å². The lowest BCUT2D eigenvalue weighted by Gasteiger charge is -2.38. The van der Waals surface area contributed by atoms with Crippen molar-refractivity contribution in [3.05, 3.63) is 35.6 Å². The number of carbonyl (C=O) groups is 2. The molecule has 0 aromatic heterocycles. The molecule has 1 aromatic rings. The van der Waals surface area contributed by atoms with Crippen LogP contribution in [0.3, 0.4) is 0 Å². The number of rotatable bonds is 6. The summed E-state index contributed by atoms with van der Waals surface area (Å²) >= 11 is 0. The quantitative estimate of drug-likeness (QED) is 0.752. The van der Waals surface area contributed by atoms with Gasteiger partial charge in [0.2, 0.25) is 0 Å². The van der Waals surface area contributed by atoms with Gasteiger partial charge < -0.3 is 15.0 Å². The third-order valence-electron chi connectivity index (χ3n) is 5.82. The minimum atomic E-state index is -0.372. The summed E-state index contributed by atoms with van der Waals surface area (Å²) in [4.78, 5) is 29.5. The van der Waals surface area contributed by atoms with Crippen molar-refractivity contribution >= 4 is 11.9 Å². The number of nitrogens with zero attached hydrogens (tertiary/aromatic N) is 2. The molecule has 6 nitrogen and oxygen atoms in total. The van der Waals surface area contributed by atoms with Crippen molar-refractivity contribution in [2.24, 2.45) is 0 Å². The fourth-order valence-corrected chi connectivity index (χ4v) is 4.40. The average molecular weight is 391 g/mol. The third-order valence-corrected chi connectivity index (χ3v) is 5.82. The average Bonchev–Trinajstić information content (AvgIpc) is 3.12. The summed E-state index contributed by atoms with van der Waals surface area (Å²) < 4.78 is 18.1. The van der Waals surface area contributed by atoms with Gasteiger partial charge in [0.1, 0.15) is 11.9 Å². The van der Waals surface area contributed by atoms with Gasteiger partial charge in [-0.05, 0) is 69.6 Å². The number of likely N-dealkylation sites (tertiary alicyclic amines) is 2. The summed E-state index contributed by atoms with van der Waals surface area (Å²) in [5.74, 6) is -0.855. The second-order valence-electron chi connectivity index (χ2n) is 7.72. The van der Waals surface area contributed by atoms with Crippen molar-refractivity contribution in [2.75, 3.05) is 33.3 Å². The number of ether oxygens (including phenoxy) is 1. The number of halogens is 1. The Balaban J connectivity index is 1.63. The molecule has 0 unspecified atom stereocenters. The summed E-state index contributed by atoms with van der Waals surface area (Å²) in [5.41, 5.74) is 0.419. The smallest absolute Gasteiger partial charge is 0.323 e. The highest BCUT2D eigenvalue weighted by Crippen LogP contribution is 2.27. The van der Waals surface area contributed by atoms with E-state index in [-0.39, 0.29) is 29.8 Å². The Kier molecular flexibility index (Phi) is 7.02. The Morgan fingerprint density at radius 1 is 1.21 bits per heavy atom. The standard InChI is InChI=1S/C21H30FN3O3/c1-3-10-24-11-8-18(9-12-24)25-14-17(13-19(25)21(27)28-2)23-20(26)15-4-6-16(22)7-5-15/h4-7,17-19H,3,8-14H2,1-2H3,(H,23,26)/t17-,19+/m1/s1. The highest BCUT2D eigenvalue weighted by molar-refractivity contribution is 5.94. The highest BCUT2D eigenvalue weighted by Gasteiger charge is 2.42. The normalized spacial score (nSPS) is 24.2. The predicted octanol–water partition coefficient (Wildman–Crippen LogP) is 2.05. The van der Waals surface area contributed by atoms with E-state index in [4.69, 9.17) is 4.74 Å². The second-order valence-corrected chi connectivity index (χ2v) is 7.72. The zero-order chi connectivity index (χ0) is 20.1. The Morgan fingerprint density at radius 3 is 2.50 bits per heavy atom. The van der Waals surface area contributed by atoms with Crippen LogP contribution in [0.4, 0.5) is 4.39 Å². The lowest BCUT2D eigenvalue weighted by molar-refractivity contribution is -0.147. The van der Waals surface area contributed by atoms with E-state index < -0.39 is 0 Å². The molecule has 1 aromatic carbocycles. The van der Waals surface area contributed by atoms with E-state index in [2.05, 4.69) is 22.0 Å². The number of hydrogen-bond donors (Lipinski definition) is 1. The number of benzene rings is 1. The minimum Gasteiger partial charge on any atom is -0.468 e. The van der Waals surface area contributed by atoms with Crippen LogP contribution < -0.4 is 5.32 Å². The largest absolute Gasteiger partial charge is 0.468 e. The molecular weight excluding hydrogens is 361 g/mol. The van der Waals surface area contributed by atoms with Gasteiger partial charge in [-0.1, -0.05) is 6.92 Å². The molecule has 154 valence electrons. The van der Waals surface area contributed by atoms with Crippen LogP contribution in [0.25, 0.3) is 0 Å². The number of carbonyl (C=O) groups excluding carboxylic acids is 2. The summed E-state index contributed by atoms with van der Waals surface area (Å²) in [6.07, 6.45) is 3.73. The van der Waals surface area contributed by atoms with Gasteiger partial charge in [-0.2, -0.15) is 0 Å². The second kappa shape index (κ2) is 9.47. The predicted molar refractivity (Wildman–Crippen MR) is 105 cm³/mol. The van der Waals surface area contributed by atoms with Crippen molar-refractivity contribution in [1.29, 1.82) is 0 Å². The van der Waals surface area contributed by atoms with Crippen LogP contribution >= 0.6 is 0 Å². The number of hydrogen-bond acceptors (Lipinski definition) is 5. The molecule has 7 heteroatoms. The maximum atomic E-state index is 13.1. The Bertz CT molecular complexity index is 674. The summed E-state index contributed by atoms with van der Waals surface area (Å²) in [5, 5.41) is 3.00. The summed E-state index contributed by atoms with van der Waals surface area (Å²) in [6, 6.07) is 5.36. The van der Waals surface area contributed by atoms with Crippen LogP contribution in [-0.2, 0) is 9.53 Å². The van der Waals surface area contributed by atoms with Crippen molar-refractivity contribution in [2.45, 2.75) is 50.7 Å². The minimum absolute atomic E-state index is 0.129. The molecule has 2 aliphatic rings. The molecule has 0 aliphatic carbocycles. The Hall–Kier alpha value is -1.99. The van der Waals surface area contributed by atoms with Crippen LogP contribution in [0, 0.1) is 5.82 Å². The Labute approximate surface area is 166 Å². The van der Waals surface area contributed by atoms with Crippen molar-refractivity contribution in [3.63, 3.8) is 0 Å². The van der Waals surface area contributed by atoms with Crippen LogP contribution in [0.15, 0.2) is 24.3 Å². The molecule has 0 bridgehead atoms. The number of methoxy groups -OCH3 is 1. The van der Waals surface area contributed by atoms with E-state index in [1.165, 1.54) is 31.4 Å². The molecule has 2 aliphatic heterocycles. The first-order valence-corrected chi connectivity index (χ1v) is 10.1. The zero-order valence-electron chi connectivity index (χ0n) is 16.7. The third kappa shape index (κ3) is 4.89. The fourth-order valence-electron chi connectivity index (χ4n) is 4.40. The number of amides is 1. The van der Waals surface area contributed by atoms with Gasteiger partial charge in [-0.15, -0.1) is 0 Å². The topological polar surface area (TPSA) is 61.9 Å². The summed E-state index contributed by atoms with van der Waals surface area (Å²) in [6.45, 7) is 6.01. The Morgan fingerprint density at radius 2 is 1.89 bits per heavy atom. The molecule has 0 radical (unpaired) electrons. The van der Waals surface area contributed by atoms with Crippen molar-refractivity contribution < 1.29 is 18.7 Å². The lowest BCUT2D eigenvalue weighted by Crippen LogP contribution is -2.49. The maximum Gasteiger partial charge on any atom is 0.323 e. The molecule has 1 amide bonds. The molecule has 3 rings (SSSR count). The van der Waals surface area contributed by atoms with E-state index in [0.717, 1.165) is 38.9 Å². The molecular formula is C21H30FN3O3. The van der Waals surface area contributed by atoms with E-state index in [9.17, 15) is 14.0 Å². The van der Waals surface area contributed by atoms with Crippen LogP contribution in [-0.4, -0.2) is 73.1 Å². The number of nitrogens with one attached hydrogen (secondary N) is 1. The molecule has 28 heavy (non-hydrogen) atoms. The van der Waals surface area contributed by atoms with Gasteiger partial charge in [0.25, 0.3) is 5.91 Å². The zero-order valence-corrected chi connectivity index (χ0v) is 16.7.